The normalized spacial score (nSPS) is 10.1. The summed E-state index contributed by atoms with van der Waals surface area (Å²) in [6.45, 7) is 1.89. The first-order valence-corrected chi connectivity index (χ1v) is 5.12. The van der Waals surface area contributed by atoms with Crippen LogP contribution in [0.3, 0.4) is 0 Å². The van der Waals surface area contributed by atoms with Gasteiger partial charge in [-0.25, -0.2) is 0 Å². The quantitative estimate of drug-likeness (QED) is 0.835. The fourth-order valence-corrected chi connectivity index (χ4v) is 1.56. The number of aryl methyl sites for hydroxylation is 1. The Morgan fingerprint density at radius 3 is 2.38 bits per heavy atom. The van der Waals surface area contributed by atoms with E-state index in [4.69, 9.17) is 0 Å². The largest absolute Gasteiger partial charge is 0.508 e. The number of aromatic nitrogens is 1. The summed E-state index contributed by atoms with van der Waals surface area (Å²) in [7, 11) is 1.99. The minimum Gasteiger partial charge on any atom is -0.508 e. The predicted octanol–water partition coefficient (Wildman–Crippen LogP) is 2.86. The molecule has 0 unspecified atom stereocenters. The Morgan fingerprint density at radius 2 is 1.75 bits per heavy atom. The molecule has 0 bridgehead atoms. The van der Waals surface area contributed by atoms with Gasteiger partial charge in [-0.1, -0.05) is 0 Å². The Labute approximate surface area is 95.0 Å². The van der Waals surface area contributed by atoms with Gasteiger partial charge in [-0.3, -0.25) is 4.98 Å². The van der Waals surface area contributed by atoms with Gasteiger partial charge in [0.15, 0.2) is 0 Å². The first-order valence-electron chi connectivity index (χ1n) is 5.12. The van der Waals surface area contributed by atoms with Crippen LogP contribution in [0.1, 0.15) is 5.56 Å². The van der Waals surface area contributed by atoms with E-state index in [0.717, 1.165) is 16.9 Å². The van der Waals surface area contributed by atoms with Crippen LogP contribution < -0.4 is 4.90 Å². The van der Waals surface area contributed by atoms with E-state index in [1.165, 1.54) is 0 Å². The number of aromatic hydroxyl groups is 1. The number of benzene rings is 1. The molecule has 0 aliphatic carbocycles. The van der Waals surface area contributed by atoms with Gasteiger partial charge < -0.3 is 10.0 Å². The van der Waals surface area contributed by atoms with Crippen molar-refractivity contribution in [3.8, 4) is 5.75 Å². The monoisotopic (exact) mass is 214 g/mol. The van der Waals surface area contributed by atoms with Crippen LogP contribution in [0.5, 0.6) is 5.75 Å². The van der Waals surface area contributed by atoms with E-state index in [0.29, 0.717) is 5.75 Å². The van der Waals surface area contributed by atoms with Crippen molar-refractivity contribution in [2.24, 2.45) is 0 Å². The lowest BCUT2D eigenvalue weighted by molar-refractivity contribution is 0.471. The summed E-state index contributed by atoms with van der Waals surface area (Å²) >= 11 is 0. The zero-order chi connectivity index (χ0) is 11.5. The van der Waals surface area contributed by atoms with Gasteiger partial charge in [0.05, 0.1) is 0 Å². The van der Waals surface area contributed by atoms with Crippen molar-refractivity contribution in [3.05, 3.63) is 48.3 Å². The van der Waals surface area contributed by atoms with E-state index < -0.39 is 0 Å². The molecule has 0 amide bonds. The maximum absolute atomic E-state index is 9.47. The summed E-state index contributed by atoms with van der Waals surface area (Å²) < 4.78 is 0. The highest BCUT2D eigenvalue weighted by Crippen LogP contribution is 2.27. The van der Waals surface area contributed by atoms with Gasteiger partial charge >= 0.3 is 0 Å². The average molecular weight is 214 g/mol. The standard InChI is InChI=1S/C13H14N2O/c1-10-9-12(3-4-13(10)16)15(2)11-5-7-14-8-6-11/h3-9,16H,1-2H3. The van der Waals surface area contributed by atoms with Gasteiger partial charge in [-0.2, -0.15) is 0 Å². The molecule has 1 aromatic heterocycles. The number of rotatable bonds is 2. The van der Waals surface area contributed by atoms with Crippen LogP contribution in [-0.4, -0.2) is 17.1 Å². The number of phenolic OH excluding ortho intramolecular Hbond substituents is 1. The van der Waals surface area contributed by atoms with Crippen molar-refractivity contribution in [1.29, 1.82) is 0 Å². The lowest BCUT2D eigenvalue weighted by Crippen LogP contribution is -2.09. The SMILES string of the molecule is Cc1cc(N(C)c2ccncc2)ccc1O. The van der Waals surface area contributed by atoms with Crippen LogP contribution >= 0.6 is 0 Å². The van der Waals surface area contributed by atoms with E-state index >= 15 is 0 Å². The topological polar surface area (TPSA) is 36.4 Å². The Hall–Kier alpha value is -2.03. The van der Waals surface area contributed by atoms with Gasteiger partial charge in [0.2, 0.25) is 0 Å². The zero-order valence-corrected chi connectivity index (χ0v) is 9.38. The summed E-state index contributed by atoms with van der Waals surface area (Å²) in [6, 6.07) is 9.45. The Bertz CT molecular complexity index is 483. The third kappa shape index (κ3) is 1.98. The molecule has 2 rings (SSSR count). The fraction of sp³-hybridized carbons (Fsp3) is 0.154. The van der Waals surface area contributed by atoms with E-state index in [1.54, 1.807) is 18.5 Å². The molecule has 0 spiro atoms. The maximum atomic E-state index is 9.47. The second-order valence-electron chi connectivity index (χ2n) is 3.74. The van der Waals surface area contributed by atoms with Crippen LogP contribution in [0, 0.1) is 6.92 Å². The maximum Gasteiger partial charge on any atom is 0.118 e. The molecule has 0 fully saturated rings. The van der Waals surface area contributed by atoms with E-state index in [1.807, 2.05) is 43.1 Å². The Kier molecular flexibility index (Phi) is 2.77. The lowest BCUT2D eigenvalue weighted by atomic mass is 10.2. The van der Waals surface area contributed by atoms with E-state index in [9.17, 15) is 5.11 Å². The summed E-state index contributed by atoms with van der Waals surface area (Å²) in [5, 5.41) is 9.47. The molecule has 0 saturated heterocycles. The molecular formula is C13H14N2O. The molecule has 3 nitrogen and oxygen atoms in total. The van der Waals surface area contributed by atoms with Crippen molar-refractivity contribution < 1.29 is 5.11 Å². The lowest BCUT2D eigenvalue weighted by Gasteiger charge is -2.19. The Balaban J connectivity index is 2.34. The number of pyridine rings is 1. The Morgan fingerprint density at radius 1 is 1.06 bits per heavy atom. The minimum absolute atomic E-state index is 0.326. The first-order chi connectivity index (χ1) is 7.68. The average Bonchev–Trinajstić information content (AvgIpc) is 2.33. The molecule has 16 heavy (non-hydrogen) atoms. The second kappa shape index (κ2) is 4.23. The molecule has 0 atom stereocenters. The molecular weight excluding hydrogens is 200 g/mol. The minimum atomic E-state index is 0.326. The van der Waals surface area contributed by atoms with Crippen molar-refractivity contribution in [1.82, 2.24) is 4.98 Å². The summed E-state index contributed by atoms with van der Waals surface area (Å²) in [5.41, 5.74) is 2.99. The van der Waals surface area contributed by atoms with Crippen molar-refractivity contribution in [3.63, 3.8) is 0 Å². The van der Waals surface area contributed by atoms with E-state index in [-0.39, 0.29) is 0 Å². The molecule has 1 aromatic carbocycles. The number of hydrogen-bond acceptors (Lipinski definition) is 3. The molecule has 1 heterocycles. The molecule has 0 aliphatic heterocycles. The van der Waals surface area contributed by atoms with Crippen LogP contribution in [0.4, 0.5) is 11.4 Å². The van der Waals surface area contributed by atoms with Crippen LogP contribution in [0.15, 0.2) is 42.7 Å². The smallest absolute Gasteiger partial charge is 0.118 e. The highest BCUT2D eigenvalue weighted by atomic mass is 16.3. The van der Waals surface area contributed by atoms with Crippen LogP contribution in [-0.2, 0) is 0 Å². The number of anilines is 2. The third-order valence-electron chi connectivity index (χ3n) is 2.62. The zero-order valence-electron chi connectivity index (χ0n) is 9.38. The van der Waals surface area contributed by atoms with Gasteiger partial charge in [-0.15, -0.1) is 0 Å². The molecule has 0 saturated carbocycles. The fourth-order valence-electron chi connectivity index (χ4n) is 1.56. The molecule has 3 heteroatoms. The van der Waals surface area contributed by atoms with Crippen LogP contribution in [0.25, 0.3) is 0 Å². The summed E-state index contributed by atoms with van der Waals surface area (Å²) in [4.78, 5) is 6.04. The van der Waals surface area contributed by atoms with Gasteiger partial charge in [0.1, 0.15) is 5.75 Å². The number of phenols is 1. The molecule has 2 aromatic rings. The first kappa shape index (κ1) is 10.5. The highest BCUT2D eigenvalue weighted by molar-refractivity contribution is 5.63. The molecule has 1 N–H and O–H groups in total. The number of nitrogens with zero attached hydrogens (tertiary/aromatic N) is 2. The van der Waals surface area contributed by atoms with Gasteiger partial charge in [0, 0.05) is 30.8 Å². The van der Waals surface area contributed by atoms with Crippen molar-refractivity contribution in [2.75, 3.05) is 11.9 Å². The molecule has 0 aliphatic rings. The van der Waals surface area contributed by atoms with E-state index in [2.05, 4.69) is 4.98 Å². The third-order valence-corrected chi connectivity index (χ3v) is 2.62. The van der Waals surface area contributed by atoms with Crippen molar-refractivity contribution >= 4 is 11.4 Å². The second-order valence-corrected chi connectivity index (χ2v) is 3.74. The highest BCUT2D eigenvalue weighted by Gasteiger charge is 2.04. The van der Waals surface area contributed by atoms with Crippen molar-refractivity contribution in [2.45, 2.75) is 6.92 Å². The molecule has 0 radical (unpaired) electrons. The predicted molar refractivity (Wildman–Crippen MR) is 65.1 cm³/mol. The van der Waals surface area contributed by atoms with Gasteiger partial charge in [0.25, 0.3) is 0 Å². The molecule has 82 valence electrons. The summed E-state index contributed by atoms with van der Waals surface area (Å²) in [6.07, 6.45) is 3.53. The van der Waals surface area contributed by atoms with Gasteiger partial charge in [-0.05, 0) is 42.8 Å². The van der Waals surface area contributed by atoms with Crippen LogP contribution in [0.2, 0.25) is 0 Å². The number of hydrogen-bond donors (Lipinski definition) is 1. The summed E-state index contributed by atoms with van der Waals surface area (Å²) in [5.74, 6) is 0.326.